The van der Waals surface area contributed by atoms with Crippen molar-refractivity contribution in [1.29, 1.82) is 0 Å². The van der Waals surface area contributed by atoms with Crippen LogP contribution < -0.4 is 15.4 Å². The van der Waals surface area contributed by atoms with Gasteiger partial charge < -0.3 is 25.0 Å². The van der Waals surface area contributed by atoms with E-state index in [-0.39, 0.29) is 89.9 Å². The summed E-state index contributed by atoms with van der Waals surface area (Å²) in [5, 5.41) is -0.262. The van der Waals surface area contributed by atoms with Gasteiger partial charge in [-0.3, -0.25) is 4.90 Å². The maximum atomic E-state index is 17.1. The number of methoxy groups -OCH3 is 1. The number of nitrogens with two attached hydrogens (primary N) is 1. The Morgan fingerprint density at radius 3 is 2.60 bits per heavy atom. The number of ether oxygens (including phenoxy) is 2. The molecular weight excluding hydrogens is 685 g/mol. The summed E-state index contributed by atoms with van der Waals surface area (Å²) in [6, 6.07) is 0.491. The van der Waals surface area contributed by atoms with Crippen LogP contribution >= 0.6 is 11.6 Å². The van der Waals surface area contributed by atoms with Crippen LogP contribution in [0.3, 0.4) is 0 Å². The number of amides is 1. The number of allylic oxidation sites excluding steroid dienone is 1. The fourth-order valence-electron chi connectivity index (χ4n) is 7.81. The van der Waals surface area contributed by atoms with Crippen molar-refractivity contribution in [3.63, 3.8) is 0 Å². The van der Waals surface area contributed by atoms with Crippen molar-refractivity contribution in [2.45, 2.75) is 70.4 Å². The van der Waals surface area contributed by atoms with Gasteiger partial charge in [0, 0.05) is 38.2 Å². The molecule has 1 aromatic carbocycles. The van der Waals surface area contributed by atoms with E-state index in [0.29, 0.717) is 25.0 Å². The molecule has 3 aromatic rings. The molecule has 0 bridgehead atoms. The molecule has 0 saturated carbocycles. The van der Waals surface area contributed by atoms with Crippen molar-refractivity contribution >= 4 is 45.8 Å². The van der Waals surface area contributed by atoms with Gasteiger partial charge in [-0.25, -0.2) is 18.6 Å². The first-order valence-corrected chi connectivity index (χ1v) is 16.8. The van der Waals surface area contributed by atoms with Gasteiger partial charge in [0.15, 0.2) is 5.82 Å². The third kappa shape index (κ3) is 6.16. The number of pyridine rings is 1. The molecule has 3 saturated heterocycles. The summed E-state index contributed by atoms with van der Waals surface area (Å²) >= 11 is 6.90. The highest BCUT2D eigenvalue weighted by Gasteiger charge is 2.49. The van der Waals surface area contributed by atoms with Gasteiger partial charge in [-0.05, 0) is 56.9 Å². The van der Waals surface area contributed by atoms with E-state index >= 15 is 4.39 Å². The zero-order valence-electron chi connectivity index (χ0n) is 28.3. The molecule has 0 radical (unpaired) electrons. The molecule has 0 aliphatic carbocycles. The molecule has 2 aromatic heterocycles. The Labute approximate surface area is 291 Å². The minimum absolute atomic E-state index is 0.0235. The second-order valence-electron chi connectivity index (χ2n) is 13.3. The minimum Gasteiger partial charge on any atom is -0.461 e. The fourth-order valence-corrected chi connectivity index (χ4v) is 8.24. The molecule has 3 fully saturated rings. The zero-order valence-corrected chi connectivity index (χ0v) is 29.0. The summed E-state index contributed by atoms with van der Waals surface area (Å²) in [6.07, 6.45) is -4.10. The van der Waals surface area contributed by atoms with Crippen molar-refractivity contribution < 1.29 is 36.2 Å². The van der Waals surface area contributed by atoms with Gasteiger partial charge in [0.1, 0.15) is 29.9 Å². The normalized spacial score (nSPS) is 22.7. The molecule has 10 nitrogen and oxygen atoms in total. The number of aryl methyl sites for hydroxylation is 1. The first kappa shape index (κ1) is 35.8. The molecule has 2 N–H and O–H groups in total. The summed E-state index contributed by atoms with van der Waals surface area (Å²) in [5.41, 5.74) is 2.47. The maximum Gasteiger partial charge on any atom is 0.418 e. The van der Waals surface area contributed by atoms with Crippen LogP contribution in [-0.2, 0) is 10.9 Å². The molecule has 50 heavy (non-hydrogen) atoms. The standard InChI is InChI=1S/C34H39ClF5N7O3/c1-6-20-15-45(10-11-47(20)32(48)49-5)30-23-22(17(2)3)26(35)24(28-25(34(38,39)40)18(4)12-21(41)42-28)27(37)29(23)43-31(44-30)50-16-33-8-7-9-46(33)14-19(36)13-33/h12,19-20H,2,6-11,13-16H2,1,3-5H3,(H2,41,42)/t19-,20?,33+/m1/s1. The molecule has 0 spiro atoms. The van der Waals surface area contributed by atoms with E-state index in [9.17, 15) is 22.4 Å². The second kappa shape index (κ2) is 13.3. The number of piperazine rings is 1. The number of anilines is 2. The number of alkyl halides is 4. The SMILES string of the molecule is C=C(C)c1c(Cl)c(-c2nc(N)cc(C)c2C(F)(F)F)c(F)c2nc(OC[C@@]34CCCN3C[C@H](F)C4)nc(N3CCN(C(=O)OC)C(CC)C3)c12. The molecule has 1 unspecified atom stereocenters. The molecule has 3 aliphatic rings. The number of aromatic nitrogens is 3. The number of hydrogen-bond acceptors (Lipinski definition) is 9. The number of nitrogens with zero attached hydrogens (tertiary/aromatic N) is 6. The van der Waals surface area contributed by atoms with Gasteiger partial charge in [0.2, 0.25) is 0 Å². The Morgan fingerprint density at radius 1 is 1.20 bits per heavy atom. The van der Waals surface area contributed by atoms with Crippen LogP contribution in [0.4, 0.5) is 38.4 Å². The van der Waals surface area contributed by atoms with Crippen molar-refractivity contribution in [1.82, 2.24) is 24.8 Å². The van der Waals surface area contributed by atoms with Crippen molar-refractivity contribution in [2.24, 2.45) is 0 Å². The van der Waals surface area contributed by atoms with Gasteiger partial charge in [-0.2, -0.15) is 23.1 Å². The lowest BCUT2D eigenvalue weighted by atomic mass is 9.93. The van der Waals surface area contributed by atoms with Gasteiger partial charge >= 0.3 is 18.3 Å². The quantitative estimate of drug-likeness (QED) is 0.257. The van der Waals surface area contributed by atoms with Crippen LogP contribution in [0.5, 0.6) is 6.01 Å². The molecule has 3 atom stereocenters. The highest BCUT2D eigenvalue weighted by molar-refractivity contribution is 6.37. The highest BCUT2D eigenvalue weighted by Crippen LogP contribution is 2.48. The summed E-state index contributed by atoms with van der Waals surface area (Å²) in [4.78, 5) is 31.2. The minimum atomic E-state index is -4.93. The van der Waals surface area contributed by atoms with E-state index in [4.69, 9.17) is 31.8 Å². The van der Waals surface area contributed by atoms with E-state index < -0.39 is 46.6 Å². The van der Waals surface area contributed by atoms with E-state index in [2.05, 4.69) is 16.5 Å². The molecule has 5 heterocycles. The number of carbonyl (C=O) groups excluding carboxylic acids is 1. The van der Waals surface area contributed by atoms with Crippen LogP contribution in [0.15, 0.2) is 12.6 Å². The average molecular weight is 724 g/mol. The molecule has 1 amide bonds. The largest absolute Gasteiger partial charge is 0.461 e. The first-order chi connectivity index (χ1) is 23.6. The molecule has 3 aliphatic heterocycles. The van der Waals surface area contributed by atoms with E-state index in [1.54, 1.807) is 11.8 Å². The summed E-state index contributed by atoms with van der Waals surface area (Å²) < 4.78 is 86.4. The van der Waals surface area contributed by atoms with Crippen LogP contribution in [0.1, 0.15) is 56.2 Å². The van der Waals surface area contributed by atoms with Crippen LogP contribution in [0.2, 0.25) is 5.02 Å². The van der Waals surface area contributed by atoms with E-state index in [1.165, 1.54) is 14.0 Å². The lowest BCUT2D eigenvalue weighted by Crippen LogP contribution is -2.55. The maximum absolute atomic E-state index is 17.1. The van der Waals surface area contributed by atoms with E-state index in [1.807, 2.05) is 16.7 Å². The number of benzene rings is 1. The number of rotatable bonds is 7. The van der Waals surface area contributed by atoms with Crippen molar-refractivity contribution in [3.05, 3.63) is 40.2 Å². The van der Waals surface area contributed by atoms with Crippen molar-refractivity contribution in [3.8, 4) is 17.3 Å². The number of halogens is 6. The number of carbonyl (C=O) groups is 1. The third-order valence-corrected chi connectivity index (χ3v) is 10.4. The van der Waals surface area contributed by atoms with Crippen LogP contribution in [0.25, 0.3) is 27.7 Å². The number of hydrogen-bond donors (Lipinski definition) is 1. The van der Waals surface area contributed by atoms with Crippen LogP contribution in [0, 0.1) is 12.7 Å². The first-order valence-electron chi connectivity index (χ1n) is 16.4. The third-order valence-electron chi connectivity index (χ3n) is 10.1. The van der Waals surface area contributed by atoms with Gasteiger partial charge in [-0.15, -0.1) is 0 Å². The molecule has 270 valence electrons. The number of fused-ring (bicyclic) bond motifs is 2. The Hall–Kier alpha value is -3.98. The van der Waals surface area contributed by atoms with E-state index in [0.717, 1.165) is 12.5 Å². The molecular formula is C34H39ClF5N7O3. The van der Waals surface area contributed by atoms with Gasteiger partial charge in [0.25, 0.3) is 0 Å². The topological polar surface area (TPSA) is 110 Å². The summed E-state index contributed by atoms with van der Waals surface area (Å²) in [5.74, 6) is -1.25. The van der Waals surface area contributed by atoms with Gasteiger partial charge in [0.05, 0.1) is 45.9 Å². The Balaban J connectivity index is 1.59. The monoisotopic (exact) mass is 723 g/mol. The molecule has 6 rings (SSSR count). The summed E-state index contributed by atoms with van der Waals surface area (Å²) in [6.45, 7) is 10.5. The smallest absolute Gasteiger partial charge is 0.418 e. The highest BCUT2D eigenvalue weighted by atomic mass is 35.5. The lowest BCUT2D eigenvalue weighted by Gasteiger charge is -2.41. The fraction of sp³-hybridized carbons (Fsp3) is 0.529. The predicted octanol–water partition coefficient (Wildman–Crippen LogP) is 7.05. The zero-order chi connectivity index (χ0) is 36.3. The Morgan fingerprint density at radius 2 is 1.94 bits per heavy atom. The predicted molar refractivity (Wildman–Crippen MR) is 181 cm³/mol. The Bertz CT molecular complexity index is 1860. The molecule has 16 heteroatoms. The lowest BCUT2D eigenvalue weighted by molar-refractivity contribution is -0.137. The van der Waals surface area contributed by atoms with Crippen LogP contribution in [-0.4, -0.2) is 95.0 Å². The number of nitrogen functional groups attached to an aromatic ring is 1. The van der Waals surface area contributed by atoms with Gasteiger partial charge in [-0.1, -0.05) is 25.1 Å². The summed E-state index contributed by atoms with van der Waals surface area (Å²) in [7, 11) is 1.30. The Kier molecular flexibility index (Phi) is 9.52. The average Bonchev–Trinajstić information content (AvgIpc) is 3.57. The van der Waals surface area contributed by atoms with Crippen molar-refractivity contribution in [2.75, 3.05) is 57.1 Å². The second-order valence-corrected chi connectivity index (χ2v) is 13.7.